The van der Waals surface area contributed by atoms with Gasteiger partial charge in [-0.15, -0.1) is 0 Å². The van der Waals surface area contributed by atoms with E-state index >= 15 is 0 Å². The largest absolute Gasteiger partial charge is 0.440 e. The maximum absolute atomic E-state index is 6.67. The first-order chi connectivity index (χ1) is 15.6. The van der Waals surface area contributed by atoms with Crippen molar-refractivity contribution in [2.75, 3.05) is 4.90 Å². The second-order valence-corrected chi connectivity index (χ2v) is 13.3. The number of aryl methyl sites for hydroxylation is 1. The summed E-state index contributed by atoms with van der Waals surface area (Å²) in [5.41, 5.74) is 6.54. The van der Waals surface area contributed by atoms with Gasteiger partial charge in [-0.05, 0) is 48.0 Å². The Balaban J connectivity index is 1.72. The molecule has 3 heterocycles. The van der Waals surface area contributed by atoms with Crippen molar-refractivity contribution < 1.29 is 4.42 Å². The predicted octanol–water partition coefficient (Wildman–Crippen LogP) is 6.41. The highest BCUT2D eigenvalue weighted by Gasteiger charge is 2.43. The molecule has 0 fully saturated rings. The molecule has 0 aliphatic carbocycles. The van der Waals surface area contributed by atoms with Crippen LogP contribution in [0.15, 0.2) is 95.5 Å². The van der Waals surface area contributed by atoms with Gasteiger partial charge in [0.05, 0.1) is 5.69 Å². The molecule has 3 nitrogen and oxygen atoms in total. The second kappa shape index (κ2) is 6.94. The number of rotatable bonds is 2. The van der Waals surface area contributed by atoms with Gasteiger partial charge in [0.15, 0.2) is 0 Å². The molecule has 0 N–H and O–H groups in total. The number of aromatic nitrogens is 1. The van der Waals surface area contributed by atoms with Crippen molar-refractivity contribution in [3.05, 3.63) is 96.7 Å². The lowest BCUT2D eigenvalue weighted by molar-refractivity contribution is 0.622. The van der Waals surface area contributed by atoms with Crippen LogP contribution in [0.1, 0.15) is 5.56 Å². The van der Waals surface area contributed by atoms with E-state index in [9.17, 15) is 0 Å². The second-order valence-electron chi connectivity index (χ2n) is 8.99. The van der Waals surface area contributed by atoms with E-state index in [2.05, 4.69) is 110 Å². The first-order valence-electron chi connectivity index (χ1n) is 11.0. The zero-order valence-corrected chi connectivity index (χ0v) is 19.5. The summed E-state index contributed by atoms with van der Waals surface area (Å²) in [6.45, 7) is 6.93. The Kier molecular flexibility index (Phi) is 4.14. The van der Waals surface area contributed by atoms with Gasteiger partial charge in [0, 0.05) is 33.7 Å². The van der Waals surface area contributed by atoms with Crippen LogP contribution < -0.4 is 15.3 Å². The number of benzene rings is 3. The lowest BCUT2D eigenvalue weighted by Gasteiger charge is -2.37. The molecule has 0 spiro atoms. The Hall–Kier alpha value is -3.63. The van der Waals surface area contributed by atoms with Crippen LogP contribution in [-0.2, 0) is 0 Å². The molecule has 0 radical (unpaired) electrons. The Morgan fingerprint density at radius 1 is 0.812 bits per heavy atom. The van der Waals surface area contributed by atoms with Crippen molar-refractivity contribution in [3.63, 3.8) is 0 Å². The van der Waals surface area contributed by atoms with Crippen LogP contribution in [0.2, 0.25) is 13.1 Å². The molecule has 2 aromatic heterocycles. The highest BCUT2D eigenvalue weighted by Crippen LogP contribution is 2.43. The molecule has 0 bridgehead atoms. The predicted molar refractivity (Wildman–Crippen MR) is 136 cm³/mol. The van der Waals surface area contributed by atoms with Gasteiger partial charge < -0.3 is 4.42 Å². The molecule has 156 valence electrons. The van der Waals surface area contributed by atoms with E-state index in [4.69, 9.17) is 9.40 Å². The molecule has 0 unspecified atom stereocenters. The van der Waals surface area contributed by atoms with Crippen molar-refractivity contribution in [1.29, 1.82) is 0 Å². The first-order valence-corrected chi connectivity index (χ1v) is 14.0. The third-order valence-electron chi connectivity index (χ3n) is 6.54. The molecular weight excluding hydrogens is 408 g/mol. The van der Waals surface area contributed by atoms with Gasteiger partial charge in [-0.25, -0.2) is 0 Å². The van der Waals surface area contributed by atoms with Gasteiger partial charge in [0.2, 0.25) is 5.88 Å². The number of anilines is 3. The maximum atomic E-state index is 6.67. The third kappa shape index (κ3) is 2.69. The number of hydrogen-bond donors (Lipinski definition) is 0. The highest BCUT2D eigenvalue weighted by atomic mass is 28.3. The third-order valence-corrected chi connectivity index (χ3v) is 10.0. The van der Waals surface area contributed by atoms with Crippen molar-refractivity contribution in [1.82, 2.24) is 4.98 Å². The summed E-state index contributed by atoms with van der Waals surface area (Å²) in [6.07, 6.45) is 1.94. The van der Waals surface area contributed by atoms with Gasteiger partial charge in [-0.1, -0.05) is 67.7 Å². The summed E-state index contributed by atoms with van der Waals surface area (Å²) in [7, 11) is -2.06. The smallest absolute Gasteiger partial charge is 0.205 e. The Morgan fingerprint density at radius 2 is 1.59 bits per heavy atom. The number of fused-ring (bicyclic) bond motifs is 4. The molecule has 0 atom stereocenters. The first kappa shape index (κ1) is 19.1. The van der Waals surface area contributed by atoms with E-state index in [1.54, 1.807) is 0 Å². The fraction of sp³-hybridized carbons (Fsp3) is 0.107. The van der Waals surface area contributed by atoms with Crippen LogP contribution in [0.3, 0.4) is 0 Å². The molecule has 6 rings (SSSR count). The Bertz CT molecular complexity index is 1450. The number of furan rings is 1. The van der Waals surface area contributed by atoms with Gasteiger partial charge in [-0.3, -0.25) is 9.88 Å². The SMILES string of the molecule is Cc1ccc(-c2cccc3oc4c(c23)[Si](C)(C)c2ccccc2N4c2ccccc2)nc1. The molecule has 0 amide bonds. The topological polar surface area (TPSA) is 29.3 Å². The summed E-state index contributed by atoms with van der Waals surface area (Å²) in [5, 5.41) is 3.96. The molecule has 32 heavy (non-hydrogen) atoms. The van der Waals surface area contributed by atoms with Crippen LogP contribution in [0.5, 0.6) is 0 Å². The summed E-state index contributed by atoms with van der Waals surface area (Å²) in [4.78, 5) is 7.04. The molecule has 1 aliphatic heterocycles. The fourth-order valence-electron chi connectivity index (χ4n) is 4.99. The van der Waals surface area contributed by atoms with Gasteiger partial charge in [0.25, 0.3) is 0 Å². The lowest BCUT2D eigenvalue weighted by atomic mass is 10.1. The van der Waals surface area contributed by atoms with E-state index in [0.29, 0.717) is 0 Å². The molecular formula is C28H24N2OSi. The van der Waals surface area contributed by atoms with E-state index in [0.717, 1.165) is 34.0 Å². The van der Waals surface area contributed by atoms with Crippen molar-refractivity contribution in [2.24, 2.45) is 0 Å². The van der Waals surface area contributed by atoms with Gasteiger partial charge >= 0.3 is 0 Å². The quantitative estimate of drug-likeness (QED) is 0.302. The lowest BCUT2D eigenvalue weighted by Crippen LogP contribution is -2.58. The van der Waals surface area contributed by atoms with Crippen LogP contribution in [0.4, 0.5) is 17.3 Å². The summed E-state index contributed by atoms with van der Waals surface area (Å²) < 4.78 is 6.67. The molecule has 5 aromatic rings. The normalized spacial score (nSPS) is 14.3. The van der Waals surface area contributed by atoms with Gasteiger partial charge in [0.1, 0.15) is 13.7 Å². The zero-order chi connectivity index (χ0) is 21.9. The van der Waals surface area contributed by atoms with E-state index in [1.807, 2.05) is 6.20 Å². The standard InChI is InChI=1S/C28H24N2OSi/c1-19-16-17-22(29-18-19)21-12-9-14-24-26(21)27-28(31-24)30(20-10-5-4-6-11-20)23-13-7-8-15-25(23)32(27,2)3/h4-18H,1-3H3. The molecule has 4 heteroatoms. The molecule has 1 aliphatic rings. The number of hydrogen-bond acceptors (Lipinski definition) is 3. The monoisotopic (exact) mass is 432 g/mol. The van der Waals surface area contributed by atoms with Crippen molar-refractivity contribution in [2.45, 2.75) is 20.0 Å². The minimum absolute atomic E-state index is 0.921. The molecule has 0 saturated carbocycles. The number of pyridine rings is 1. The minimum Gasteiger partial charge on any atom is -0.440 e. The Labute approximate surface area is 189 Å². The average Bonchev–Trinajstić information content (AvgIpc) is 3.21. The van der Waals surface area contributed by atoms with Crippen molar-refractivity contribution >= 4 is 46.7 Å². The highest BCUT2D eigenvalue weighted by molar-refractivity contribution is 7.04. The summed E-state index contributed by atoms with van der Waals surface area (Å²) >= 11 is 0. The van der Waals surface area contributed by atoms with Crippen molar-refractivity contribution in [3.8, 4) is 11.3 Å². The Morgan fingerprint density at radius 3 is 2.38 bits per heavy atom. The van der Waals surface area contributed by atoms with E-state index < -0.39 is 8.07 Å². The molecule has 0 saturated heterocycles. The van der Waals surface area contributed by atoms with Crippen LogP contribution >= 0.6 is 0 Å². The zero-order valence-electron chi connectivity index (χ0n) is 18.5. The van der Waals surface area contributed by atoms with Crippen LogP contribution in [-0.4, -0.2) is 13.1 Å². The van der Waals surface area contributed by atoms with Crippen LogP contribution in [0.25, 0.3) is 22.2 Å². The maximum Gasteiger partial charge on any atom is 0.205 e. The minimum atomic E-state index is -2.06. The number of nitrogens with zero attached hydrogens (tertiary/aromatic N) is 2. The van der Waals surface area contributed by atoms with E-state index in [-0.39, 0.29) is 0 Å². The summed E-state index contributed by atoms with van der Waals surface area (Å²) in [5.74, 6) is 0.945. The van der Waals surface area contributed by atoms with Gasteiger partial charge in [-0.2, -0.15) is 0 Å². The van der Waals surface area contributed by atoms with E-state index in [1.165, 1.54) is 21.4 Å². The average molecular weight is 433 g/mol. The molecule has 3 aromatic carbocycles. The fourth-order valence-corrected chi connectivity index (χ4v) is 8.19. The number of para-hydroxylation sites is 2. The van der Waals surface area contributed by atoms with Crippen LogP contribution in [0, 0.1) is 6.92 Å². The summed E-state index contributed by atoms with van der Waals surface area (Å²) in [6, 6.07) is 29.9.